The van der Waals surface area contributed by atoms with Crippen LogP contribution >= 0.6 is 0 Å². The van der Waals surface area contributed by atoms with E-state index in [1.165, 1.54) is 12.1 Å². The number of ether oxygens (including phenoxy) is 1. The van der Waals surface area contributed by atoms with E-state index in [2.05, 4.69) is 10.6 Å². The van der Waals surface area contributed by atoms with Crippen LogP contribution in [0.3, 0.4) is 0 Å². The lowest BCUT2D eigenvalue weighted by Gasteiger charge is -2.07. The van der Waals surface area contributed by atoms with Crippen LogP contribution < -0.4 is 10.6 Å². The van der Waals surface area contributed by atoms with E-state index in [0.29, 0.717) is 31.7 Å². The molecule has 20 heavy (non-hydrogen) atoms. The first-order valence-corrected chi connectivity index (χ1v) is 6.53. The van der Waals surface area contributed by atoms with Gasteiger partial charge in [-0.15, -0.1) is 0 Å². The third kappa shape index (κ3) is 7.16. The fourth-order valence-electron chi connectivity index (χ4n) is 1.70. The van der Waals surface area contributed by atoms with Gasteiger partial charge in [0.2, 0.25) is 5.91 Å². The molecule has 0 heterocycles. The minimum Gasteiger partial charge on any atom is -0.385 e. The van der Waals surface area contributed by atoms with Crippen molar-refractivity contribution in [3.05, 3.63) is 35.4 Å². The van der Waals surface area contributed by atoms with E-state index in [-0.39, 0.29) is 12.5 Å². The Balaban J connectivity index is 2.13. The fourth-order valence-corrected chi connectivity index (χ4v) is 1.70. The van der Waals surface area contributed by atoms with Crippen molar-refractivity contribution in [3.63, 3.8) is 0 Å². The summed E-state index contributed by atoms with van der Waals surface area (Å²) in [5, 5.41) is 5.66. The van der Waals surface area contributed by atoms with Crippen molar-refractivity contribution in [2.75, 3.05) is 33.4 Å². The monoisotopic (exact) mass is 286 g/mol. The molecule has 1 aromatic carbocycles. The molecule has 0 fully saturated rings. The predicted octanol–water partition coefficient (Wildman–Crippen LogP) is 1.25. The first-order chi connectivity index (χ1) is 9.61. The summed E-state index contributed by atoms with van der Waals surface area (Å²) in [6.45, 7) is 1.85. The second-order valence-electron chi connectivity index (χ2n) is 4.40. The highest BCUT2D eigenvalue weighted by Crippen LogP contribution is 2.07. The van der Waals surface area contributed by atoms with Gasteiger partial charge in [0.15, 0.2) is 0 Å². The summed E-state index contributed by atoms with van der Waals surface area (Å²) in [5.41, 5.74) is 0.565. The maximum Gasteiger partial charge on any atom is 0.233 e. The Morgan fingerprint density at radius 2 is 1.90 bits per heavy atom. The van der Waals surface area contributed by atoms with Gasteiger partial charge in [-0.3, -0.25) is 4.79 Å². The summed E-state index contributed by atoms with van der Waals surface area (Å²) in [7, 11) is 1.61. The van der Waals surface area contributed by atoms with Crippen molar-refractivity contribution in [2.24, 2.45) is 0 Å². The lowest BCUT2D eigenvalue weighted by Crippen LogP contribution is -2.35. The molecule has 1 amide bonds. The topological polar surface area (TPSA) is 50.4 Å². The summed E-state index contributed by atoms with van der Waals surface area (Å²) in [5.74, 6) is -1.28. The molecule has 0 aromatic heterocycles. The second-order valence-corrected chi connectivity index (χ2v) is 4.40. The predicted molar refractivity (Wildman–Crippen MR) is 72.4 cm³/mol. The Labute approximate surface area is 117 Å². The molecular formula is C14H20F2N2O2. The third-order valence-corrected chi connectivity index (χ3v) is 2.65. The zero-order chi connectivity index (χ0) is 14.8. The van der Waals surface area contributed by atoms with Crippen molar-refractivity contribution >= 4 is 5.91 Å². The molecule has 0 aliphatic heterocycles. The van der Waals surface area contributed by atoms with Crippen molar-refractivity contribution in [3.8, 4) is 0 Å². The molecule has 1 aromatic rings. The number of carbonyl (C=O) groups excluding carboxylic acids is 1. The Bertz CT molecular complexity index is 407. The normalized spacial score (nSPS) is 10.6. The van der Waals surface area contributed by atoms with Crippen molar-refractivity contribution in [2.45, 2.75) is 12.8 Å². The number of methoxy groups -OCH3 is 1. The van der Waals surface area contributed by atoms with E-state index >= 15 is 0 Å². The number of hydrogen-bond donors (Lipinski definition) is 2. The molecule has 0 aliphatic carbocycles. The van der Waals surface area contributed by atoms with Gasteiger partial charge in [-0.25, -0.2) is 8.78 Å². The molecule has 0 aliphatic rings. The van der Waals surface area contributed by atoms with Crippen LogP contribution in [0.4, 0.5) is 8.78 Å². The van der Waals surface area contributed by atoms with Gasteiger partial charge in [-0.2, -0.15) is 0 Å². The zero-order valence-corrected chi connectivity index (χ0v) is 11.5. The highest BCUT2D eigenvalue weighted by Gasteiger charge is 2.02. The first-order valence-electron chi connectivity index (χ1n) is 6.53. The van der Waals surface area contributed by atoms with Gasteiger partial charge in [0.25, 0.3) is 0 Å². The van der Waals surface area contributed by atoms with Gasteiger partial charge in [0.05, 0.1) is 6.54 Å². The molecule has 0 bridgehead atoms. The van der Waals surface area contributed by atoms with Crippen LogP contribution in [-0.2, 0) is 16.0 Å². The van der Waals surface area contributed by atoms with Crippen LogP contribution in [0, 0.1) is 11.6 Å². The van der Waals surface area contributed by atoms with Crippen LogP contribution in [0.25, 0.3) is 0 Å². The van der Waals surface area contributed by atoms with Crippen LogP contribution in [0.15, 0.2) is 18.2 Å². The highest BCUT2D eigenvalue weighted by molar-refractivity contribution is 5.77. The van der Waals surface area contributed by atoms with Gasteiger partial charge in [-0.1, -0.05) is 0 Å². The average Bonchev–Trinajstić information content (AvgIpc) is 2.39. The molecule has 0 atom stereocenters. The number of rotatable bonds is 9. The van der Waals surface area contributed by atoms with E-state index in [4.69, 9.17) is 4.74 Å². The van der Waals surface area contributed by atoms with Crippen LogP contribution in [0.2, 0.25) is 0 Å². The Morgan fingerprint density at radius 1 is 1.20 bits per heavy atom. The molecule has 6 heteroatoms. The second kappa shape index (κ2) is 9.39. The lowest BCUT2D eigenvalue weighted by atomic mass is 10.1. The lowest BCUT2D eigenvalue weighted by molar-refractivity contribution is -0.120. The number of nitrogens with one attached hydrogen (secondary N) is 2. The van der Waals surface area contributed by atoms with Crippen molar-refractivity contribution in [1.29, 1.82) is 0 Å². The molecule has 0 spiro atoms. The summed E-state index contributed by atoms with van der Waals surface area (Å²) < 4.78 is 30.7. The SMILES string of the molecule is COCCCNC(=O)CNCCc1cc(F)cc(F)c1. The van der Waals surface area contributed by atoms with E-state index in [9.17, 15) is 13.6 Å². The first kappa shape index (κ1) is 16.5. The molecular weight excluding hydrogens is 266 g/mol. The molecule has 0 saturated heterocycles. The quantitative estimate of drug-likeness (QED) is 0.672. The minimum absolute atomic E-state index is 0.105. The number of hydrogen-bond acceptors (Lipinski definition) is 3. The van der Waals surface area contributed by atoms with Gasteiger partial charge in [0, 0.05) is 26.3 Å². The minimum atomic E-state index is -0.587. The molecule has 1 rings (SSSR count). The Hall–Kier alpha value is -1.53. The number of amides is 1. The maximum atomic E-state index is 12.9. The largest absolute Gasteiger partial charge is 0.385 e. The van der Waals surface area contributed by atoms with Crippen LogP contribution in [-0.4, -0.2) is 39.3 Å². The molecule has 0 radical (unpaired) electrons. The summed E-state index contributed by atoms with van der Waals surface area (Å²) >= 11 is 0. The third-order valence-electron chi connectivity index (χ3n) is 2.65. The van der Waals surface area contributed by atoms with E-state index in [1.807, 2.05) is 0 Å². The number of benzene rings is 1. The van der Waals surface area contributed by atoms with Crippen LogP contribution in [0.5, 0.6) is 0 Å². The number of halogens is 2. The van der Waals surface area contributed by atoms with E-state index in [0.717, 1.165) is 12.5 Å². The average molecular weight is 286 g/mol. The zero-order valence-electron chi connectivity index (χ0n) is 11.5. The maximum absolute atomic E-state index is 12.9. The van der Waals surface area contributed by atoms with Gasteiger partial charge >= 0.3 is 0 Å². The molecule has 112 valence electrons. The highest BCUT2D eigenvalue weighted by atomic mass is 19.1. The standard InChI is InChI=1S/C14H20F2N2O2/c1-20-6-2-4-18-14(19)10-17-5-3-11-7-12(15)9-13(16)8-11/h7-9,17H,2-6,10H2,1H3,(H,18,19). The Morgan fingerprint density at radius 3 is 2.55 bits per heavy atom. The molecule has 0 saturated carbocycles. The molecule has 0 unspecified atom stereocenters. The van der Waals surface area contributed by atoms with Gasteiger partial charge < -0.3 is 15.4 Å². The van der Waals surface area contributed by atoms with Gasteiger partial charge in [0.1, 0.15) is 11.6 Å². The smallest absolute Gasteiger partial charge is 0.233 e. The molecule has 4 nitrogen and oxygen atoms in total. The summed E-state index contributed by atoms with van der Waals surface area (Å²) in [6, 6.07) is 3.41. The number of carbonyl (C=O) groups is 1. The summed E-state index contributed by atoms with van der Waals surface area (Å²) in [6.07, 6.45) is 1.23. The Kier molecular flexibility index (Phi) is 7.75. The van der Waals surface area contributed by atoms with Gasteiger partial charge in [-0.05, 0) is 37.1 Å². The van der Waals surface area contributed by atoms with E-state index in [1.54, 1.807) is 7.11 Å². The van der Waals surface area contributed by atoms with Crippen molar-refractivity contribution < 1.29 is 18.3 Å². The molecule has 2 N–H and O–H groups in total. The van der Waals surface area contributed by atoms with E-state index < -0.39 is 11.6 Å². The fraction of sp³-hybridized carbons (Fsp3) is 0.500. The van der Waals surface area contributed by atoms with Crippen LogP contribution in [0.1, 0.15) is 12.0 Å². The van der Waals surface area contributed by atoms with Crippen molar-refractivity contribution in [1.82, 2.24) is 10.6 Å². The summed E-state index contributed by atoms with van der Waals surface area (Å²) in [4.78, 5) is 11.4.